The fourth-order valence-corrected chi connectivity index (χ4v) is 2.09. The van der Waals surface area contributed by atoms with Gasteiger partial charge in [0, 0.05) is 17.3 Å². The molecule has 0 amide bonds. The van der Waals surface area contributed by atoms with E-state index in [9.17, 15) is 0 Å². The van der Waals surface area contributed by atoms with Crippen LogP contribution in [0.2, 0.25) is 0 Å². The van der Waals surface area contributed by atoms with Gasteiger partial charge in [-0.05, 0) is 24.3 Å². The Bertz CT molecular complexity index is 686. The van der Waals surface area contributed by atoms with Crippen molar-refractivity contribution in [2.24, 2.45) is 0 Å². The second kappa shape index (κ2) is 4.07. The zero-order chi connectivity index (χ0) is 12.5. The summed E-state index contributed by atoms with van der Waals surface area (Å²) in [6.07, 6.45) is 3.59. The fourth-order valence-electron chi connectivity index (χ4n) is 2.09. The number of benzene rings is 1. The zero-order valence-electron chi connectivity index (χ0n) is 9.97. The second-order valence-electron chi connectivity index (χ2n) is 4.06. The number of aromatic amines is 1. The Hall–Kier alpha value is -2.49. The number of rotatable bonds is 2. The lowest BCUT2D eigenvalue weighted by molar-refractivity contribution is 0.420. The van der Waals surface area contributed by atoms with E-state index < -0.39 is 0 Å². The Kier molecular flexibility index (Phi) is 2.41. The highest BCUT2D eigenvalue weighted by molar-refractivity contribution is 5.99. The predicted molar refractivity (Wildman–Crippen MR) is 72.5 cm³/mol. The van der Waals surface area contributed by atoms with Gasteiger partial charge in [-0.2, -0.15) is 0 Å². The Morgan fingerprint density at radius 3 is 2.83 bits per heavy atom. The first-order chi connectivity index (χ1) is 8.79. The van der Waals surface area contributed by atoms with Crippen molar-refractivity contribution in [3.63, 3.8) is 0 Å². The van der Waals surface area contributed by atoms with E-state index in [1.54, 1.807) is 13.3 Å². The summed E-state index contributed by atoms with van der Waals surface area (Å²) in [5.41, 5.74) is 9.23. The molecule has 1 aromatic carbocycles. The topological polar surface area (TPSA) is 63.9 Å². The molecule has 0 aliphatic heterocycles. The van der Waals surface area contributed by atoms with Crippen molar-refractivity contribution in [2.45, 2.75) is 0 Å². The molecule has 0 saturated heterocycles. The number of ether oxygens (including phenoxy) is 1. The molecule has 2 aromatic heterocycles. The lowest BCUT2D eigenvalue weighted by Crippen LogP contribution is -1.88. The molecule has 0 aliphatic rings. The molecule has 0 bridgehead atoms. The first-order valence-corrected chi connectivity index (χ1v) is 5.65. The van der Waals surface area contributed by atoms with Gasteiger partial charge >= 0.3 is 0 Å². The van der Waals surface area contributed by atoms with Gasteiger partial charge in [0.25, 0.3) is 0 Å². The minimum absolute atomic E-state index is 0.658. The maximum atomic E-state index is 5.65. The molecule has 3 rings (SSSR count). The van der Waals surface area contributed by atoms with Gasteiger partial charge in [-0.1, -0.05) is 6.07 Å². The average molecular weight is 239 g/mol. The van der Waals surface area contributed by atoms with Crippen molar-refractivity contribution in [1.82, 2.24) is 9.97 Å². The Balaban J connectivity index is 2.26. The van der Waals surface area contributed by atoms with Crippen LogP contribution in [-0.2, 0) is 0 Å². The SMILES string of the molecule is COc1cccc2[nH]cc(-c3ccc(N)cn3)c12. The maximum Gasteiger partial charge on any atom is 0.128 e. The number of nitrogens with zero attached hydrogens (tertiary/aromatic N) is 1. The molecule has 0 radical (unpaired) electrons. The second-order valence-corrected chi connectivity index (χ2v) is 4.06. The minimum atomic E-state index is 0.658. The molecule has 0 spiro atoms. The number of nitrogens with one attached hydrogen (secondary N) is 1. The number of pyridine rings is 1. The summed E-state index contributed by atoms with van der Waals surface area (Å²) in [5, 5.41) is 1.04. The third-order valence-corrected chi connectivity index (χ3v) is 2.95. The number of nitrogens with two attached hydrogens (primary N) is 1. The molecule has 0 aliphatic carbocycles. The van der Waals surface area contributed by atoms with Gasteiger partial charge < -0.3 is 15.5 Å². The van der Waals surface area contributed by atoms with Crippen LogP contribution in [0.1, 0.15) is 0 Å². The van der Waals surface area contributed by atoms with Crippen molar-refractivity contribution >= 4 is 16.6 Å². The van der Waals surface area contributed by atoms with Gasteiger partial charge in [-0.25, -0.2) is 0 Å². The average Bonchev–Trinajstić information content (AvgIpc) is 2.83. The lowest BCUT2D eigenvalue weighted by atomic mass is 10.1. The number of nitrogen functional groups attached to an aromatic ring is 1. The summed E-state index contributed by atoms with van der Waals surface area (Å²) in [6.45, 7) is 0. The van der Waals surface area contributed by atoms with Crippen molar-refractivity contribution < 1.29 is 4.74 Å². The number of hydrogen-bond acceptors (Lipinski definition) is 3. The highest BCUT2D eigenvalue weighted by Gasteiger charge is 2.11. The van der Waals surface area contributed by atoms with E-state index in [1.807, 2.05) is 36.5 Å². The molecule has 2 heterocycles. The summed E-state index contributed by atoms with van der Waals surface area (Å²) >= 11 is 0. The standard InChI is InChI=1S/C14H13N3O/c1-18-13-4-2-3-12-14(13)10(8-17-12)11-6-5-9(15)7-16-11/h2-8,17H,15H2,1H3. The number of aromatic nitrogens is 2. The van der Waals surface area contributed by atoms with E-state index in [0.717, 1.165) is 27.9 Å². The summed E-state index contributed by atoms with van der Waals surface area (Å²) in [7, 11) is 1.67. The summed E-state index contributed by atoms with van der Waals surface area (Å²) in [5.74, 6) is 0.836. The fraction of sp³-hybridized carbons (Fsp3) is 0.0714. The van der Waals surface area contributed by atoms with Crippen LogP contribution in [-0.4, -0.2) is 17.1 Å². The van der Waals surface area contributed by atoms with Crippen LogP contribution in [0.25, 0.3) is 22.2 Å². The molecule has 0 atom stereocenters. The van der Waals surface area contributed by atoms with Crippen LogP contribution < -0.4 is 10.5 Å². The highest BCUT2D eigenvalue weighted by atomic mass is 16.5. The van der Waals surface area contributed by atoms with Crippen LogP contribution in [0.5, 0.6) is 5.75 Å². The third kappa shape index (κ3) is 1.59. The molecule has 18 heavy (non-hydrogen) atoms. The van der Waals surface area contributed by atoms with Crippen molar-refractivity contribution in [3.8, 4) is 17.0 Å². The van der Waals surface area contributed by atoms with Crippen LogP contribution in [0.3, 0.4) is 0 Å². The molecule has 4 heteroatoms. The molecule has 3 N–H and O–H groups in total. The molecule has 0 saturated carbocycles. The van der Waals surface area contributed by atoms with Gasteiger partial charge in [-0.15, -0.1) is 0 Å². The van der Waals surface area contributed by atoms with Gasteiger partial charge in [-0.3, -0.25) is 4.98 Å². The Labute approximate surface area is 104 Å². The summed E-state index contributed by atoms with van der Waals surface area (Å²) in [4.78, 5) is 7.57. The van der Waals surface area contributed by atoms with E-state index in [1.165, 1.54) is 0 Å². The zero-order valence-corrected chi connectivity index (χ0v) is 9.97. The van der Waals surface area contributed by atoms with E-state index in [0.29, 0.717) is 5.69 Å². The monoisotopic (exact) mass is 239 g/mol. The number of H-pyrrole nitrogens is 1. The Morgan fingerprint density at radius 1 is 1.22 bits per heavy atom. The number of methoxy groups -OCH3 is 1. The van der Waals surface area contributed by atoms with Crippen LogP contribution in [0, 0.1) is 0 Å². The molecule has 4 nitrogen and oxygen atoms in total. The van der Waals surface area contributed by atoms with E-state index in [4.69, 9.17) is 10.5 Å². The predicted octanol–water partition coefficient (Wildman–Crippen LogP) is 2.82. The Morgan fingerprint density at radius 2 is 2.11 bits per heavy atom. The number of fused-ring (bicyclic) bond motifs is 1. The summed E-state index contributed by atoms with van der Waals surface area (Å²) < 4.78 is 5.40. The van der Waals surface area contributed by atoms with Crippen molar-refractivity contribution in [2.75, 3.05) is 12.8 Å². The first-order valence-electron chi connectivity index (χ1n) is 5.65. The van der Waals surface area contributed by atoms with Crippen molar-refractivity contribution in [3.05, 3.63) is 42.7 Å². The molecule has 90 valence electrons. The molecular weight excluding hydrogens is 226 g/mol. The number of hydrogen-bond donors (Lipinski definition) is 2. The molecule has 0 fully saturated rings. The number of anilines is 1. The van der Waals surface area contributed by atoms with Crippen LogP contribution in [0.4, 0.5) is 5.69 Å². The van der Waals surface area contributed by atoms with Crippen molar-refractivity contribution in [1.29, 1.82) is 0 Å². The normalized spacial score (nSPS) is 10.7. The van der Waals surface area contributed by atoms with Gasteiger partial charge in [0.1, 0.15) is 5.75 Å². The van der Waals surface area contributed by atoms with Crippen LogP contribution >= 0.6 is 0 Å². The van der Waals surface area contributed by atoms with E-state index in [-0.39, 0.29) is 0 Å². The van der Waals surface area contributed by atoms with Gasteiger partial charge in [0.2, 0.25) is 0 Å². The van der Waals surface area contributed by atoms with Crippen LogP contribution in [0.15, 0.2) is 42.7 Å². The van der Waals surface area contributed by atoms with E-state index in [2.05, 4.69) is 9.97 Å². The first kappa shape index (κ1) is 10.7. The largest absolute Gasteiger partial charge is 0.496 e. The quantitative estimate of drug-likeness (QED) is 0.722. The maximum absolute atomic E-state index is 5.65. The highest BCUT2D eigenvalue weighted by Crippen LogP contribution is 2.34. The minimum Gasteiger partial charge on any atom is -0.496 e. The lowest BCUT2D eigenvalue weighted by Gasteiger charge is -2.04. The smallest absolute Gasteiger partial charge is 0.128 e. The molecule has 0 unspecified atom stereocenters. The van der Waals surface area contributed by atoms with E-state index >= 15 is 0 Å². The third-order valence-electron chi connectivity index (χ3n) is 2.95. The van der Waals surface area contributed by atoms with Gasteiger partial charge in [0.15, 0.2) is 0 Å². The summed E-state index contributed by atoms with van der Waals surface area (Å²) in [6, 6.07) is 9.66. The molecular formula is C14H13N3O. The molecule has 3 aromatic rings. The van der Waals surface area contributed by atoms with Gasteiger partial charge in [0.05, 0.1) is 30.1 Å².